The van der Waals surface area contributed by atoms with E-state index in [2.05, 4.69) is 32.6 Å². The molecule has 1 atom stereocenters. The van der Waals surface area contributed by atoms with Crippen LogP contribution in [0.4, 0.5) is 4.39 Å². The molecule has 4 heteroatoms. The van der Waals surface area contributed by atoms with Gasteiger partial charge in [-0.05, 0) is 51.1 Å². The number of rotatable bonds is 6. The molecule has 1 rings (SSSR count). The van der Waals surface area contributed by atoms with Crippen LogP contribution in [0.5, 0.6) is 0 Å². The summed E-state index contributed by atoms with van der Waals surface area (Å²) >= 11 is 5.69. The van der Waals surface area contributed by atoms with Gasteiger partial charge in [0.2, 0.25) is 0 Å². The van der Waals surface area contributed by atoms with Gasteiger partial charge in [-0.25, -0.2) is 4.39 Å². The molecule has 19 heavy (non-hydrogen) atoms. The monoisotopic (exact) mass is 286 g/mol. The van der Waals surface area contributed by atoms with Crippen LogP contribution >= 0.6 is 11.6 Å². The summed E-state index contributed by atoms with van der Waals surface area (Å²) in [4.78, 5) is 2.32. The molecule has 0 heterocycles. The van der Waals surface area contributed by atoms with Crippen LogP contribution in [0.25, 0.3) is 0 Å². The van der Waals surface area contributed by atoms with E-state index in [1.807, 2.05) is 6.07 Å². The average molecular weight is 287 g/mol. The molecule has 0 aliphatic heterocycles. The molecule has 0 aliphatic rings. The van der Waals surface area contributed by atoms with Gasteiger partial charge in [-0.1, -0.05) is 31.5 Å². The number of nitrogens with zero attached hydrogens (tertiary/aromatic N) is 1. The molecule has 1 aromatic carbocycles. The molecule has 0 aromatic heterocycles. The van der Waals surface area contributed by atoms with E-state index in [4.69, 9.17) is 17.3 Å². The maximum absolute atomic E-state index is 13.4. The Morgan fingerprint density at radius 3 is 2.37 bits per heavy atom. The summed E-state index contributed by atoms with van der Waals surface area (Å²) in [6, 6.07) is 4.83. The fourth-order valence-electron chi connectivity index (χ4n) is 2.44. The Bertz CT molecular complexity index is 417. The van der Waals surface area contributed by atoms with Crippen molar-refractivity contribution in [3.8, 4) is 0 Å². The second kappa shape index (κ2) is 6.69. The normalized spacial score (nSPS) is 13.9. The van der Waals surface area contributed by atoms with E-state index in [-0.39, 0.29) is 22.4 Å². The predicted molar refractivity (Wildman–Crippen MR) is 80.1 cm³/mol. The average Bonchev–Trinajstić information content (AvgIpc) is 2.35. The third-order valence-electron chi connectivity index (χ3n) is 3.93. The van der Waals surface area contributed by atoms with E-state index in [1.165, 1.54) is 6.07 Å². The molecule has 0 saturated carbocycles. The molecule has 0 amide bonds. The summed E-state index contributed by atoms with van der Waals surface area (Å²) in [5.41, 5.74) is 7.09. The van der Waals surface area contributed by atoms with Crippen molar-refractivity contribution < 1.29 is 4.39 Å². The van der Waals surface area contributed by atoms with E-state index in [0.717, 1.165) is 18.7 Å². The lowest BCUT2D eigenvalue weighted by Gasteiger charge is -2.42. The van der Waals surface area contributed by atoms with E-state index in [0.29, 0.717) is 6.42 Å². The van der Waals surface area contributed by atoms with Crippen LogP contribution in [0, 0.1) is 5.82 Å². The zero-order valence-corrected chi connectivity index (χ0v) is 13.0. The zero-order chi connectivity index (χ0) is 14.6. The standard InChI is InChI=1S/C15H24ClFN2/c1-5-19(6-2)15(3,4)14(18)10-11-7-8-12(16)13(17)9-11/h7-9,14H,5-6,10,18H2,1-4H3. The van der Waals surface area contributed by atoms with E-state index < -0.39 is 0 Å². The van der Waals surface area contributed by atoms with Crippen molar-refractivity contribution in [1.29, 1.82) is 0 Å². The minimum atomic E-state index is -0.382. The van der Waals surface area contributed by atoms with Gasteiger partial charge in [0.15, 0.2) is 0 Å². The highest BCUT2D eigenvalue weighted by Gasteiger charge is 2.31. The van der Waals surface area contributed by atoms with Gasteiger partial charge in [-0.2, -0.15) is 0 Å². The lowest BCUT2D eigenvalue weighted by Crippen LogP contribution is -2.56. The molecule has 0 spiro atoms. The van der Waals surface area contributed by atoms with Crippen molar-refractivity contribution in [3.63, 3.8) is 0 Å². The lowest BCUT2D eigenvalue weighted by molar-refractivity contribution is 0.106. The van der Waals surface area contributed by atoms with Gasteiger partial charge in [-0.3, -0.25) is 4.90 Å². The van der Waals surface area contributed by atoms with E-state index >= 15 is 0 Å². The van der Waals surface area contributed by atoms with Crippen molar-refractivity contribution in [3.05, 3.63) is 34.6 Å². The summed E-state index contributed by atoms with van der Waals surface area (Å²) in [7, 11) is 0. The second-order valence-corrected chi connectivity index (χ2v) is 5.79. The number of hydrogen-bond acceptors (Lipinski definition) is 2. The number of benzene rings is 1. The molecule has 0 radical (unpaired) electrons. The quantitative estimate of drug-likeness (QED) is 0.868. The Morgan fingerprint density at radius 2 is 1.89 bits per heavy atom. The summed E-state index contributed by atoms with van der Waals surface area (Å²) in [6.07, 6.45) is 0.636. The van der Waals surface area contributed by atoms with Crippen LogP contribution in [0.15, 0.2) is 18.2 Å². The van der Waals surface area contributed by atoms with Crippen LogP contribution in [0.2, 0.25) is 5.02 Å². The summed E-state index contributed by atoms with van der Waals surface area (Å²) in [5, 5.41) is 0.153. The molecular weight excluding hydrogens is 263 g/mol. The zero-order valence-electron chi connectivity index (χ0n) is 12.2. The van der Waals surface area contributed by atoms with Crippen LogP contribution < -0.4 is 5.73 Å². The molecular formula is C15H24ClFN2. The Hall–Kier alpha value is -0.640. The molecule has 2 nitrogen and oxygen atoms in total. The van der Waals surface area contributed by atoms with Gasteiger partial charge in [0.05, 0.1) is 5.02 Å². The largest absolute Gasteiger partial charge is 0.326 e. The van der Waals surface area contributed by atoms with Crippen molar-refractivity contribution in [2.45, 2.75) is 45.7 Å². The Balaban J connectivity index is 2.83. The lowest BCUT2D eigenvalue weighted by atomic mass is 9.88. The number of hydrogen-bond donors (Lipinski definition) is 1. The third-order valence-corrected chi connectivity index (χ3v) is 4.23. The highest BCUT2D eigenvalue weighted by molar-refractivity contribution is 6.30. The fraction of sp³-hybridized carbons (Fsp3) is 0.600. The van der Waals surface area contributed by atoms with Crippen LogP contribution in [-0.4, -0.2) is 29.6 Å². The molecule has 0 saturated heterocycles. The highest BCUT2D eigenvalue weighted by atomic mass is 35.5. The SMILES string of the molecule is CCN(CC)C(C)(C)C(N)Cc1ccc(Cl)c(F)c1. The minimum absolute atomic E-state index is 0.0621. The van der Waals surface area contributed by atoms with Gasteiger partial charge in [0.1, 0.15) is 5.82 Å². The molecule has 2 N–H and O–H groups in total. The van der Waals surface area contributed by atoms with Crippen LogP contribution in [0.3, 0.4) is 0 Å². The number of likely N-dealkylation sites (N-methyl/N-ethyl adjacent to an activating group) is 1. The van der Waals surface area contributed by atoms with Crippen molar-refractivity contribution in [1.82, 2.24) is 4.90 Å². The predicted octanol–water partition coefficient (Wildman–Crippen LogP) is 3.47. The first-order valence-corrected chi connectivity index (χ1v) is 7.15. The maximum atomic E-state index is 13.4. The van der Waals surface area contributed by atoms with Crippen molar-refractivity contribution in [2.75, 3.05) is 13.1 Å². The molecule has 1 aromatic rings. The molecule has 0 aliphatic carbocycles. The van der Waals surface area contributed by atoms with E-state index in [9.17, 15) is 4.39 Å². The van der Waals surface area contributed by atoms with Crippen LogP contribution in [-0.2, 0) is 6.42 Å². The van der Waals surface area contributed by atoms with Gasteiger partial charge in [0, 0.05) is 11.6 Å². The molecule has 108 valence electrons. The summed E-state index contributed by atoms with van der Waals surface area (Å²) in [5.74, 6) is -0.382. The summed E-state index contributed by atoms with van der Waals surface area (Å²) in [6.45, 7) is 10.4. The molecule has 1 unspecified atom stereocenters. The second-order valence-electron chi connectivity index (χ2n) is 5.39. The fourth-order valence-corrected chi connectivity index (χ4v) is 2.56. The first-order chi connectivity index (χ1) is 8.82. The van der Waals surface area contributed by atoms with Gasteiger partial charge in [-0.15, -0.1) is 0 Å². The van der Waals surface area contributed by atoms with Gasteiger partial charge < -0.3 is 5.73 Å². The third kappa shape index (κ3) is 3.91. The van der Waals surface area contributed by atoms with Crippen molar-refractivity contribution >= 4 is 11.6 Å². The number of nitrogens with two attached hydrogens (primary N) is 1. The van der Waals surface area contributed by atoms with Gasteiger partial charge in [0.25, 0.3) is 0 Å². The topological polar surface area (TPSA) is 29.3 Å². The molecule has 0 bridgehead atoms. The van der Waals surface area contributed by atoms with Gasteiger partial charge >= 0.3 is 0 Å². The highest BCUT2D eigenvalue weighted by Crippen LogP contribution is 2.22. The Kier molecular flexibility index (Phi) is 5.78. The Morgan fingerprint density at radius 1 is 1.32 bits per heavy atom. The molecule has 0 fully saturated rings. The first-order valence-electron chi connectivity index (χ1n) is 6.77. The van der Waals surface area contributed by atoms with Crippen molar-refractivity contribution in [2.24, 2.45) is 5.73 Å². The smallest absolute Gasteiger partial charge is 0.142 e. The maximum Gasteiger partial charge on any atom is 0.142 e. The summed E-state index contributed by atoms with van der Waals surface area (Å²) < 4.78 is 13.4. The van der Waals surface area contributed by atoms with E-state index in [1.54, 1.807) is 6.07 Å². The number of halogens is 2. The minimum Gasteiger partial charge on any atom is -0.326 e. The van der Waals surface area contributed by atoms with Crippen LogP contribution in [0.1, 0.15) is 33.3 Å². The Labute approximate surface area is 120 Å². The first kappa shape index (κ1) is 16.4.